The molecule has 0 bridgehead atoms. The standard InChI is InChI=1S/C40H60O10/c1-6-11-21-42-31-26-30(27-32(43-22-12-7-2)34(31)44-23-13-8-3)38(41)50-40-37(46-25-15-10-5)36(45-24-14-9-4)35-33(48-40)28-47-39(49-35)29-19-17-16-18-20-29/h16-20,26-27,33,35-37,39-40H,6-15,21-25,28H2,1-5H3/t33?,35-,36+,37?,39?,40+/m1/s1. The lowest BCUT2D eigenvalue weighted by Crippen LogP contribution is -2.64. The van der Waals surface area contributed by atoms with E-state index >= 15 is 0 Å². The number of ether oxygens (including phenoxy) is 9. The van der Waals surface area contributed by atoms with E-state index in [-0.39, 0.29) is 12.2 Å². The lowest BCUT2D eigenvalue weighted by Gasteiger charge is -2.48. The van der Waals surface area contributed by atoms with E-state index in [0.717, 1.165) is 69.8 Å². The van der Waals surface area contributed by atoms with Crippen LogP contribution < -0.4 is 14.2 Å². The van der Waals surface area contributed by atoms with Crippen molar-refractivity contribution in [2.75, 3.05) is 39.6 Å². The highest BCUT2D eigenvalue weighted by Crippen LogP contribution is 2.41. The summed E-state index contributed by atoms with van der Waals surface area (Å²) in [7, 11) is 0. The van der Waals surface area contributed by atoms with Gasteiger partial charge in [0.2, 0.25) is 12.0 Å². The summed E-state index contributed by atoms with van der Waals surface area (Å²) in [4.78, 5) is 14.1. The van der Waals surface area contributed by atoms with Gasteiger partial charge in [0.1, 0.15) is 24.4 Å². The van der Waals surface area contributed by atoms with E-state index in [4.69, 9.17) is 42.6 Å². The van der Waals surface area contributed by atoms with Crippen LogP contribution in [0, 0.1) is 0 Å². The van der Waals surface area contributed by atoms with E-state index in [1.807, 2.05) is 30.3 Å². The highest BCUT2D eigenvalue weighted by atomic mass is 16.8. The van der Waals surface area contributed by atoms with Gasteiger partial charge in [-0.05, 0) is 44.2 Å². The van der Waals surface area contributed by atoms with E-state index < -0.39 is 43.0 Å². The Kier molecular flexibility index (Phi) is 17.7. The molecule has 2 aromatic rings. The van der Waals surface area contributed by atoms with Crippen LogP contribution in [0.2, 0.25) is 0 Å². The third-order valence-corrected chi connectivity index (χ3v) is 8.71. The molecular formula is C40H60O10. The second kappa shape index (κ2) is 22.1. The third kappa shape index (κ3) is 11.6. The Morgan fingerprint density at radius 3 is 1.80 bits per heavy atom. The maximum Gasteiger partial charge on any atom is 0.340 e. The smallest absolute Gasteiger partial charge is 0.340 e. The third-order valence-electron chi connectivity index (χ3n) is 8.71. The highest BCUT2D eigenvalue weighted by Gasteiger charge is 2.52. The summed E-state index contributed by atoms with van der Waals surface area (Å²) < 4.78 is 56.8. The fourth-order valence-electron chi connectivity index (χ4n) is 5.71. The van der Waals surface area contributed by atoms with Crippen LogP contribution in [-0.2, 0) is 28.4 Å². The molecule has 0 radical (unpaired) electrons. The SMILES string of the molecule is CCCCOc1cc(C(=O)O[C@@H]2OC3COC(c4ccccc4)O[C@H]3[C@H](OCCCC)C2OCCCC)cc(OCCCC)c1OCCCC. The molecule has 10 nitrogen and oxygen atoms in total. The van der Waals surface area contributed by atoms with E-state index in [1.54, 1.807) is 12.1 Å². The summed E-state index contributed by atoms with van der Waals surface area (Å²) in [5, 5.41) is 0. The fourth-order valence-corrected chi connectivity index (χ4v) is 5.71. The van der Waals surface area contributed by atoms with Crippen LogP contribution >= 0.6 is 0 Å². The molecule has 0 saturated carbocycles. The molecule has 3 unspecified atom stereocenters. The van der Waals surface area contributed by atoms with Crippen molar-refractivity contribution < 1.29 is 47.4 Å². The van der Waals surface area contributed by atoms with Gasteiger partial charge in [0.25, 0.3) is 0 Å². The van der Waals surface area contributed by atoms with Crippen molar-refractivity contribution in [2.24, 2.45) is 0 Å². The van der Waals surface area contributed by atoms with Gasteiger partial charge in [0.15, 0.2) is 17.8 Å². The predicted molar refractivity (Wildman–Crippen MR) is 191 cm³/mol. The average molecular weight is 701 g/mol. The van der Waals surface area contributed by atoms with Crippen molar-refractivity contribution in [3.8, 4) is 17.2 Å². The van der Waals surface area contributed by atoms with E-state index in [1.165, 1.54) is 0 Å². The molecule has 2 saturated heterocycles. The number of hydrogen-bond acceptors (Lipinski definition) is 10. The molecule has 2 aliphatic rings. The minimum absolute atomic E-state index is 0.238. The second-order valence-corrected chi connectivity index (χ2v) is 12.9. The summed E-state index contributed by atoms with van der Waals surface area (Å²) >= 11 is 0. The van der Waals surface area contributed by atoms with Crippen molar-refractivity contribution in [2.45, 2.75) is 136 Å². The molecule has 280 valence electrons. The average Bonchev–Trinajstić information content (AvgIpc) is 3.13. The normalized spacial score (nSPS) is 23.2. The maximum atomic E-state index is 14.1. The first kappa shape index (κ1) is 39.9. The van der Waals surface area contributed by atoms with E-state index in [0.29, 0.717) is 50.3 Å². The van der Waals surface area contributed by atoms with E-state index in [9.17, 15) is 4.79 Å². The number of fused-ring (bicyclic) bond motifs is 1. The minimum Gasteiger partial charge on any atom is -0.490 e. The number of unbranched alkanes of at least 4 members (excludes halogenated alkanes) is 5. The van der Waals surface area contributed by atoms with Gasteiger partial charge >= 0.3 is 5.97 Å². The Hall–Kier alpha value is -2.89. The maximum absolute atomic E-state index is 14.1. The lowest BCUT2D eigenvalue weighted by molar-refractivity contribution is -0.362. The monoisotopic (exact) mass is 700 g/mol. The molecule has 0 amide bonds. The van der Waals surface area contributed by atoms with Crippen molar-refractivity contribution in [1.29, 1.82) is 0 Å². The zero-order chi connectivity index (χ0) is 35.6. The molecule has 2 heterocycles. The molecule has 2 aliphatic heterocycles. The van der Waals surface area contributed by atoms with Crippen LogP contribution in [0.25, 0.3) is 0 Å². The van der Waals surface area contributed by atoms with Gasteiger partial charge in [-0.2, -0.15) is 0 Å². The summed E-state index contributed by atoms with van der Waals surface area (Å²) in [6.07, 6.45) is 5.17. The Balaban J connectivity index is 1.63. The van der Waals surface area contributed by atoms with Gasteiger partial charge in [-0.15, -0.1) is 0 Å². The summed E-state index contributed by atoms with van der Waals surface area (Å²) in [5.41, 5.74) is 1.18. The molecule has 10 heteroatoms. The molecule has 50 heavy (non-hydrogen) atoms. The van der Waals surface area contributed by atoms with Crippen LogP contribution in [-0.4, -0.2) is 76.3 Å². The summed E-state index contributed by atoms with van der Waals surface area (Å²) in [6.45, 7) is 13.2. The van der Waals surface area contributed by atoms with Crippen molar-refractivity contribution >= 4 is 5.97 Å². The van der Waals surface area contributed by atoms with Crippen molar-refractivity contribution in [1.82, 2.24) is 0 Å². The number of rotatable bonds is 23. The second-order valence-electron chi connectivity index (χ2n) is 12.9. The number of carbonyl (C=O) groups excluding carboxylic acids is 1. The lowest BCUT2D eigenvalue weighted by atomic mass is 9.97. The zero-order valence-corrected chi connectivity index (χ0v) is 30.9. The molecule has 2 aromatic carbocycles. The number of benzene rings is 2. The quantitative estimate of drug-likeness (QED) is 0.0828. The van der Waals surface area contributed by atoms with Gasteiger partial charge in [0.05, 0.1) is 32.0 Å². The van der Waals surface area contributed by atoms with Crippen molar-refractivity contribution in [3.05, 3.63) is 53.6 Å². The van der Waals surface area contributed by atoms with Crippen LogP contribution in [0.3, 0.4) is 0 Å². The fraction of sp³-hybridized carbons (Fsp3) is 0.675. The van der Waals surface area contributed by atoms with Gasteiger partial charge in [-0.3, -0.25) is 0 Å². The largest absolute Gasteiger partial charge is 0.490 e. The molecule has 2 fully saturated rings. The zero-order valence-electron chi connectivity index (χ0n) is 30.9. The minimum atomic E-state index is -1.07. The van der Waals surface area contributed by atoms with E-state index in [2.05, 4.69) is 34.6 Å². The molecule has 6 atom stereocenters. The van der Waals surface area contributed by atoms with Gasteiger partial charge in [-0.25, -0.2) is 4.79 Å². The van der Waals surface area contributed by atoms with Gasteiger partial charge in [0, 0.05) is 18.8 Å². The number of esters is 1. The predicted octanol–water partition coefficient (Wildman–Crippen LogP) is 8.59. The van der Waals surface area contributed by atoms with Gasteiger partial charge in [-0.1, -0.05) is 97.1 Å². The molecule has 0 aliphatic carbocycles. The highest BCUT2D eigenvalue weighted by molar-refractivity contribution is 5.91. The Labute approximate surface area is 299 Å². The summed E-state index contributed by atoms with van der Waals surface area (Å²) in [5.74, 6) is 0.828. The molecule has 4 rings (SSSR count). The molecule has 0 aromatic heterocycles. The number of hydrogen-bond donors (Lipinski definition) is 0. The first-order valence-corrected chi connectivity index (χ1v) is 19.0. The Morgan fingerprint density at radius 2 is 1.22 bits per heavy atom. The summed E-state index contributed by atoms with van der Waals surface area (Å²) in [6, 6.07) is 13.2. The number of carbonyl (C=O) groups is 1. The van der Waals surface area contributed by atoms with Gasteiger partial charge < -0.3 is 42.6 Å². The van der Waals surface area contributed by atoms with Crippen LogP contribution in [0.15, 0.2) is 42.5 Å². The first-order chi connectivity index (χ1) is 24.5. The topological polar surface area (TPSA) is 100 Å². The Bertz CT molecular complexity index is 1210. The first-order valence-electron chi connectivity index (χ1n) is 19.0. The van der Waals surface area contributed by atoms with Crippen LogP contribution in [0.1, 0.15) is 121 Å². The van der Waals surface area contributed by atoms with Crippen LogP contribution in [0.4, 0.5) is 0 Å². The molecule has 0 N–H and O–H groups in total. The molecular weight excluding hydrogens is 640 g/mol. The Morgan fingerprint density at radius 1 is 0.680 bits per heavy atom. The van der Waals surface area contributed by atoms with Crippen LogP contribution in [0.5, 0.6) is 17.2 Å². The van der Waals surface area contributed by atoms with Crippen molar-refractivity contribution in [3.63, 3.8) is 0 Å². The molecule has 0 spiro atoms.